The molecule has 1 amide bonds. The van der Waals surface area contributed by atoms with Crippen molar-refractivity contribution in [2.45, 2.75) is 43.5 Å². The predicted molar refractivity (Wildman–Crippen MR) is 113 cm³/mol. The Kier molecular flexibility index (Phi) is 5.84. The van der Waals surface area contributed by atoms with Gasteiger partial charge in [-0.25, -0.2) is 0 Å². The molecule has 3 heterocycles. The van der Waals surface area contributed by atoms with Crippen LogP contribution in [0.5, 0.6) is 0 Å². The third-order valence-electron chi connectivity index (χ3n) is 4.80. The van der Waals surface area contributed by atoms with Crippen molar-refractivity contribution in [3.05, 3.63) is 42.1 Å². The molecule has 0 aliphatic carbocycles. The number of aryl methyl sites for hydroxylation is 1. The summed E-state index contributed by atoms with van der Waals surface area (Å²) >= 11 is 1.37. The Morgan fingerprint density at radius 2 is 1.93 bits per heavy atom. The molecule has 152 valence electrons. The van der Waals surface area contributed by atoms with Gasteiger partial charge in [0.15, 0.2) is 5.16 Å². The van der Waals surface area contributed by atoms with Crippen LogP contribution in [0.25, 0.3) is 5.69 Å². The van der Waals surface area contributed by atoms with E-state index in [1.54, 1.807) is 6.07 Å². The first kappa shape index (κ1) is 19.5. The maximum Gasteiger partial charge on any atom is 0.240 e. The molecule has 1 aliphatic heterocycles. The van der Waals surface area contributed by atoms with Crippen molar-refractivity contribution < 1.29 is 9.32 Å². The second-order valence-corrected chi connectivity index (χ2v) is 8.39. The summed E-state index contributed by atoms with van der Waals surface area (Å²) in [4.78, 5) is 14.9. The normalized spacial score (nSPS) is 15.3. The highest BCUT2D eigenvalue weighted by Gasteiger charge is 2.25. The van der Waals surface area contributed by atoms with E-state index in [0.717, 1.165) is 43.3 Å². The average Bonchev–Trinajstić information content (AvgIpc) is 3.35. The Morgan fingerprint density at radius 3 is 2.62 bits per heavy atom. The van der Waals surface area contributed by atoms with E-state index < -0.39 is 0 Å². The van der Waals surface area contributed by atoms with E-state index in [1.807, 2.05) is 48.7 Å². The average molecular weight is 413 g/mol. The summed E-state index contributed by atoms with van der Waals surface area (Å²) in [6, 6.07) is 11.7. The van der Waals surface area contributed by atoms with E-state index in [-0.39, 0.29) is 11.2 Å². The molecule has 0 saturated carbocycles. The Labute approximate surface area is 173 Å². The molecule has 1 saturated heterocycles. The third kappa shape index (κ3) is 4.45. The number of hydrogen-bond donors (Lipinski definition) is 1. The minimum Gasteiger partial charge on any atom is -0.341 e. The summed E-state index contributed by atoms with van der Waals surface area (Å²) < 4.78 is 7.12. The zero-order valence-electron chi connectivity index (χ0n) is 16.5. The second kappa shape index (κ2) is 8.69. The van der Waals surface area contributed by atoms with E-state index in [4.69, 9.17) is 4.52 Å². The largest absolute Gasteiger partial charge is 0.341 e. The Morgan fingerprint density at radius 1 is 1.17 bits per heavy atom. The van der Waals surface area contributed by atoms with Gasteiger partial charge in [-0.15, -0.1) is 10.2 Å². The fraction of sp³-hybridized carbons (Fsp3) is 0.400. The van der Waals surface area contributed by atoms with Crippen LogP contribution in [0.3, 0.4) is 0 Å². The highest BCUT2D eigenvalue weighted by molar-refractivity contribution is 8.00. The maximum absolute atomic E-state index is 12.6. The number of rotatable bonds is 6. The molecule has 0 bridgehead atoms. The first-order valence-electron chi connectivity index (χ1n) is 9.78. The Bertz CT molecular complexity index is 965. The van der Waals surface area contributed by atoms with Gasteiger partial charge in [0.2, 0.25) is 17.7 Å². The Hall–Kier alpha value is -2.81. The molecule has 1 aliphatic rings. The van der Waals surface area contributed by atoms with E-state index >= 15 is 0 Å². The molecule has 1 unspecified atom stereocenters. The third-order valence-corrected chi connectivity index (χ3v) is 5.84. The first-order valence-corrected chi connectivity index (χ1v) is 10.7. The van der Waals surface area contributed by atoms with Gasteiger partial charge in [0, 0.05) is 19.2 Å². The molecule has 1 atom stereocenters. The van der Waals surface area contributed by atoms with Gasteiger partial charge < -0.3 is 9.42 Å². The number of benzene rings is 1. The van der Waals surface area contributed by atoms with E-state index in [0.29, 0.717) is 11.0 Å². The number of hydrogen-bond acceptors (Lipinski definition) is 7. The van der Waals surface area contributed by atoms with Crippen LogP contribution in [0.15, 0.2) is 46.1 Å². The Balaban J connectivity index is 1.57. The lowest BCUT2D eigenvalue weighted by Gasteiger charge is -2.28. The van der Waals surface area contributed by atoms with Gasteiger partial charge >= 0.3 is 0 Å². The van der Waals surface area contributed by atoms with Crippen molar-refractivity contribution in [3.8, 4) is 5.69 Å². The zero-order chi connectivity index (χ0) is 20.2. The van der Waals surface area contributed by atoms with Gasteiger partial charge in [-0.2, -0.15) is 0 Å². The molecule has 0 radical (unpaired) electrons. The van der Waals surface area contributed by atoms with Gasteiger partial charge in [0.25, 0.3) is 0 Å². The van der Waals surface area contributed by atoms with Crippen LogP contribution >= 0.6 is 11.8 Å². The van der Waals surface area contributed by atoms with Gasteiger partial charge in [-0.3, -0.25) is 14.7 Å². The van der Waals surface area contributed by atoms with E-state index in [2.05, 4.69) is 25.6 Å². The fourth-order valence-electron chi connectivity index (χ4n) is 3.30. The van der Waals surface area contributed by atoms with Crippen LogP contribution in [-0.4, -0.2) is 44.2 Å². The molecule has 29 heavy (non-hydrogen) atoms. The molecular weight excluding hydrogens is 388 g/mol. The number of carbonyl (C=O) groups is 1. The molecule has 2 aromatic heterocycles. The first-order chi connectivity index (χ1) is 14.1. The zero-order valence-corrected chi connectivity index (χ0v) is 17.4. The summed E-state index contributed by atoms with van der Waals surface area (Å²) in [6.45, 7) is 5.59. The van der Waals surface area contributed by atoms with E-state index in [9.17, 15) is 4.79 Å². The van der Waals surface area contributed by atoms with E-state index in [1.165, 1.54) is 18.2 Å². The minimum atomic E-state index is -0.388. The highest BCUT2D eigenvalue weighted by atomic mass is 32.2. The summed E-state index contributed by atoms with van der Waals surface area (Å²) in [7, 11) is 0. The lowest BCUT2D eigenvalue weighted by molar-refractivity contribution is -0.115. The molecule has 3 aromatic rings. The van der Waals surface area contributed by atoms with Gasteiger partial charge in [-0.1, -0.05) is 35.1 Å². The van der Waals surface area contributed by atoms with Crippen molar-refractivity contribution in [1.29, 1.82) is 0 Å². The van der Waals surface area contributed by atoms with Crippen molar-refractivity contribution in [2.24, 2.45) is 0 Å². The summed E-state index contributed by atoms with van der Waals surface area (Å²) in [5, 5.41) is 15.7. The number of piperidine rings is 1. The molecule has 1 N–H and O–H groups in total. The molecule has 8 nitrogen and oxygen atoms in total. The van der Waals surface area contributed by atoms with Crippen LogP contribution in [0, 0.1) is 6.92 Å². The second-order valence-electron chi connectivity index (χ2n) is 7.08. The standard InChI is InChI=1S/C20H24N6O2S/c1-14-13-17(28-24-14)21-18(27)15(2)29-20-23-22-19(25-11-7-4-8-12-25)26(20)16-9-5-3-6-10-16/h3,5-6,9-10,13,15H,4,7-8,11-12H2,1-2H3,(H,21,27). The number of aromatic nitrogens is 4. The molecule has 4 rings (SSSR count). The summed E-state index contributed by atoms with van der Waals surface area (Å²) in [5.41, 5.74) is 1.70. The lowest BCUT2D eigenvalue weighted by Crippen LogP contribution is -2.31. The van der Waals surface area contributed by atoms with Crippen LogP contribution in [0.2, 0.25) is 0 Å². The predicted octanol–water partition coefficient (Wildman–Crippen LogP) is 3.67. The highest BCUT2D eigenvalue weighted by Crippen LogP contribution is 2.30. The number of carbonyl (C=O) groups excluding carboxylic acids is 1. The van der Waals surface area contributed by atoms with Gasteiger partial charge in [0.1, 0.15) is 0 Å². The van der Waals surface area contributed by atoms with Crippen LogP contribution in [-0.2, 0) is 4.79 Å². The number of thioether (sulfide) groups is 1. The minimum absolute atomic E-state index is 0.173. The van der Waals surface area contributed by atoms with Crippen LogP contribution < -0.4 is 10.2 Å². The molecule has 1 aromatic carbocycles. The number of para-hydroxylation sites is 1. The maximum atomic E-state index is 12.6. The van der Waals surface area contributed by atoms with Crippen molar-refractivity contribution in [3.63, 3.8) is 0 Å². The van der Waals surface area contributed by atoms with Crippen molar-refractivity contribution in [2.75, 3.05) is 23.3 Å². The molecule has 1 fully saturated rings. The molecule has 0 spiro atoms. The van der Waals surface area contributed by atoms with Crippen molar-refractivity contribution >= 4 is 29.5 Å². The topological polar surface area (TPSA) is 89.1 Å². The van der Waals surface area contributed by atoms with Gasteiger partial charge in [0.05, 0.1) is 16.6 Å². The molecular formula is C20H24N6O2S. The van der Waals surface area contributed by atoms with Crippen LogP contribution in [0.1, 0.15) is 31.9 Å². The van der Waals surface area contributed by atoms with Crippen molar-refractivity contribution in [1.82, 2.24) is 19.9 Å². The lowest BCUT2D eigenvalue weighted by atomic mass is 10.1. The van der Waals surface area contributed by atoms with Crippen LogP contribution in [0.4, 0.5) is 11.8 Å². The summed E-state index contributed by atoms with van der Waals surface area (Å²) in [6.07, 6.45) is 3.55. The summed E-state index contributed by atoms with van der Waals surface area (Å²) in [5.74, 6) is 1.00. The van der Waals surface area contributed by atoms with Gasteiger partial charge in [-0.05, 0) is 45.2 Å². The fourth-order valence-corrected chi connectivity index (χ4v) is 4.16. The monoisotopic (exact) mass is 412 g/mol. The number of anilines is 2. The number of nitrogens with one attached hydrogen (secondary N) is 1. The number of amides is 1. The SMILES string of the molecule is Cc1cc(NC(=O)C(C)Sc2nnc(N3CCCCC3)n2-c2ccccc2)on1. The number of nitrogens with zero attached hydrogens (tertiary/aromatic N) is 5. The smallest absolute Gasteiger partial charge is 0.240 e. The molecule has 9 heteroatoms. The quantitative estimate of drug-likeness (QED) is 0.618.